The molecule has 0 saturated heterocycles. The summed E-state index contributed by atoms with van der Waals surface area (Å²) >= 11 is 0. The van der Waals surface area contributed by atoms with E-state index < -0.39 is 17.5 Å². The highest BCUT2D eigenvalue weighted by Crippen LogP contribution is 2.14. The van der Waals surface area contributed by atoms with Crippen LogP contribution in [-0.4, -0.2) is 52.7 Å². The topological polar surface area (TPSA) is 124 Å². The number of hydrogen-bond acceptors (Lipinski definition) is 5. The van der Waals surface area contributed by atoms with Gasteiger partial charge in [-0.15, -0.1) is 0 Å². The Morgan fingerprint density at radius 1 is 1.04 bits per heavy atom. The zero-order valence-electron chi connectivity index (χ0n) is 13.3. The molecule has 1 rings (SSSR count). The van der Waals surface area contributed by atoms with Crippen molar-refractivity contribution in [3.8, 4) is 5.75 Å². The summed E-state index contributed by atoms with van der Waals surface area (Å²) in [6, 6.07) is 6.38. The molecule has 1 aromatic carbocycles. The molecule has 7 nitrogen and oxygen atoms in total. The first-order valence-corrected chi connectivity index (χ1v) is 6.71. The Morgan fingerprint density at radius 2 is 1.48 bits per heavy atom. The molecule has 0 aliphatic rings. The van der Waals surface area contributed by atoms with Crippen LogP contribution in [0, 0.1) is 5.41 Å². The van der Waals surface area contributed by atoms with Gasteiger partial charge in [-0.3, -0.25) is 0 Å². The number of aliphatic carboxylic acids is 2. The maximum Gasteiger partial charge on any atom is 0.343 e. The third kappa shape index (κ3) is 7.98. The van der Waals surface area contributed by atoms with Gasteiger partial charge in [-0.05, 0) is 23.8 Å². The maximum absolute atomic E-state index is 10.6. The number of carbonyl (C=O) groups is 2. The van der Waals surface area contributed by atoms with E-state index in [2.05, 4.69) is 0 Å². The second kappa shape index (κ2) is 9.60. The van der Waals surface area contributed by atoms with Crippen LogP contribution in [-0.2, 0) is 9.59 Å². The normalized spacial score (nSPS) is 10.1. The van der Waals surface area contributed by atoms with Crippen LogP contribution >= 0.6 is 0 Å². The van der Waals surface area contributed by atoms with Crippen LogP contribution < -0.4 is 4.74 Å². The van der Waals surface area contributed by atoms with Gasteiger partial charge in [-0.1, -0.05) is 26.0 Å². The molecule has 0 bridgehead atoms. The first-order valence-electron chi connectivity index (χ1n) is 6.71. The minimum atomic E-state index is -1.47. The Balaban J connectivity index is 0.000000585. The summed E-state index contributed by atoms with van der Waals surface area (Å²) in [6.45, 7) is 3.69. The van der Waals surface area contributed by atoms with E-state index in [0.29, 0.717) is 11.3 Å². The molecule has 23 heavy (non-hydrogen) atoms. The zero-order valence-corrected chi connectivity index (χ0v) is 13.3. The Bertz CT molecular complexity index is 522. The Hall–Kier alpha value is -2.38. The standard InChI is InChI=1S/C11H10O5.C5H12O2/c1-16-8-4-2-7(3-5-8)6-9(10(12)13)11(14)15;1-5(2,3-6)4-7/h2-6H,1H3,(H,12,13)(H,14,15);6-7H,3-4H2,1-2H3. The van der Waals surface area contributed by atoms with Gasteiger partial charge >= 0.3 is 11.9 Å². The number of carboxylic acid groups (broad SMARTS) is 2. The predicted molar refractivity (Wildman–Crippen MR) is 84.2 cm³/mol. The van der Waals surface area contributed by atoms with Crippen molar-refractivity contribution in [2.75, 3.05) is 20.3 Å². The summed E-state index contributed by atoms with van der Waals surface area (Å²) in [5.41, 5.74) is -0.495. The molecule has 0 fully saturated rings. The molecule has 0 atom stereocenters. The maximum atomic E-state index is 10.6. The summed E-state index contributed by atoms with van der Waals surface area (Å²) < 4.78 is 4.92. The van der Waals surface area contributed by atoms with E-state index >= 15 is 0 Å². The highest BCUT2D eigenvalue weighted by atomic mass is 16.5. The van der Waals surface area contributed by atoms with Gasteiger partial charge in [0.05, 0.1) is 20.3 Å². The van der Waals surface area contributed by atoms with Gasteiger partial charge in [0.25, 0.3) is 0 Å². The lowest BCUT2D eigenvalue weighted by molar-refractivity contribution is -0.140. The highest BCUT2D eigenvalue weighted by Gasteiger charge is 2.15. The molecule has 0 saturated carbocycles. The molecule has 0 aromatic heterocycles. The molecule has 0 aliphatic heterocycles. The van der Waals surface area contributed by atoms with E-state index in [1.165, 1.54) is 7.11 Å². The minimum absolute atomic E-state index is 0.0451. The zero-order chi connectivity index (χ0) is 18.0. The first-order chi connectivity index (χ1) is 10.7. The van der Waals surface area contributed by atoms with Crippen LogP contribution in [0.1, 0.15) is 19.4 Å². The summed E-state index contributed by atoms with van der Waals surface area (Å²) in [7, 11) is 1.50. The highest BCUT2D eigenvalue weighted by molar-refractivity contribution is 6.16. The van der Waals surface area contributed by atoms with Crippen LogP contribution in [0.15, 0.2) is 29.8 Å². The lowest BCUT2D eigenvalue weighted by atomic mass is 9.97. The van der Waals surface area contributed by atoms with E-state index in [4.69, 9.17) is 25.2 Å². The molecule has 128 valence electrons. The molecule has 0 amide bonds. The van der Waals surface area contributed by atoms with E-state index in [1.54, 1.807) is 38.1 Å². The van der Waals surface area contributed by atoms with Gasteiger partial charge in [0, 0.05) is 5.41 Å². The number of rotatable bonds is 6. The Morgan fingerprint density at radius 3 is 1.74 bits per heavy atom. The van der Waals surface area contributed by atoms with Gasteiger partial charge in [0.2, 0.25) is 0 Å². The number of ether oxygens (including phenoxy) is 1. The molecule has 0 heterocycles. The van der Waals surface area contributed by atoms with Crippen molar-refractivity contribution in [2.45, 2.75) is 13.8 Å². The third-order valence-corrected chi connectivity index (χ3v) is 2.74. The van der Waals surface area contributed by atoms with Crippen molar-refractivity contribution in [3.63, 3.8) is 0 Å². The summed E-state index contributed by atoms with van der Waals surface area (Å²) in [5, 5.41) is 34.1. The fraction of sp³-hybridized carbons (Fsp3) is 0.375. The second-order valence-corrected chi connectivity index (χ2v) is 5.42. The molecule has 0 unspecified atom stereocenters. The lowest BCUT2D eigenvalue weighted by Crippen LogP contribution is -2.20. The molecule has 0 aliphatic carbocycles. The van der Waals surface area contributed by atoms with Crippen molar-refractivity contribution in [2.24, 2.45) is 5.41 Å². The van der Waals surface area contributed by atoms with Crippen LogP contribution in [0.5, 0.6) is 5.75 Å². The number of benzene rings is 1. The van der Waals surface area contributed by atoms with Gasteiger partial charge in [0.1, 0.15) is 11.3 Å². The molecule has 4 N–H and O–H groups in total. The smallest absolute Gasteiger partial charge is 0.343 e. The largest absolute Gasteiger partial charge is 0.497 e. The van der Waals surface area contributed by atoms with E-state index in [0.717, 1.165) is 6.08 Å². The molecule has 0 radical (unpaired) electrons. The fourth-order valence-electron chi connectivity index (χ4n) is 1.13. The quantitative estimate of drug-likeness (QED) is 0.352. The first kappa shape index (κ1) is 20.6. The average Bonchev–Trinajstić information content (AvgIpc) is 2.53. The van der Waals surface area contributed by atoms with Crippen LogP contribution in [0.2, 0.25) is 0 Å². The van der Waals surface area contributed by atoms with E-state index in [1.807, 2.05) is 0 Å². The predicted octanol–water partition coefficient (Wildman–Crippen LogP) is 1.24. The lowest BCUT2D eigenvalue weighted by Gasteiger charge is -2.16. The number of hydrogen-bond donors (Lipinski definition) is 4. The molecule has 1 aromatic rings. The van der Waals surface area contributed by atoms with Crippen LogP contribution in [0.4, 0.5) is 0 Å². The van der Waals surface area contributed by atoms with Crippen molar-refractivity contribution in [1.29, 1.82) is 0 Å². The minimum Gasteiger partial charge on any atom is -0.497 e. The fourth-order valence-corrected chi connectivity index (χ4v) is 1.13. The Labute approximate surface area is 134 Å². The molecular formula is C16H22O7. The van der Waals surface area contributed by atoms with E-state index in [-0.39, 0.29) is 18.6 Å². The third-order valence-electron chi connectivity index (χ3n) is 2.74. The number of aliphatic hydroxyl groups is 2. The van der Waals surface area contributed by atoms with Crippen molar-refractivity contribution in [3.05, 3.63) is 35.4 Å². The van der Waals surface area contributed by atoms with Crippen molar-refractivity contribution < 1.29 is 34.8 Å². The van der Waals surface area contributed by atoms with Gasteiger partial charge in [-0.2, -0.15) is 0 Å². The van der Waals surface area contributed by atoms with Crippen molar-refractivity contribution >= 4 is 18.0 Å². The SMILES string of the molecule is CC(C)(CO)CO.COc1ccc(C=C(C(=O)O)C(=O)O)cc1. The second-order valence-electron chi connectivity index (χ2n) is 5.42. The molecular weight excluding hydrogens is 304 g/mol. The number of aliphatic hydroxyl groups excluding tert-OH is 2. The average molecular weight is 326 g/mol. The van der Waals surface area contributed by atoms with Gasteiger partial charge < -0.3 is 25.2 Å². The number of carboxylic acids is 2. The monoisotopic (exact) mass is 326 g/mol. The molecule has 7 heteroatoms. The number of methoxy groups -OCH3 is 1. The van der Waals surface area contributed by atoms with Crippen LogP contribution in [0.25, 0.3) is 6.08 Å². The van der Waals surface area contributed by atoms with Crippen LogP contribution in [0.3, 0.4) is 0 Å². The summed E-state index contributed by atoms with van der Waals surface area (Å²) in [5.74, 6) is -2.32. The van der Waals surface area contributed by atoms with E-state index in [9.17, 15) is 9.59 Å². The van der Waals surface area contributed by atoms with Crippen molar-refractivity contribution in [1.82, 2.24) is 0 Å². The Kier molecular flexibility index (Phi) is 8.61. The summed E-state index contributed by atoms with van der Waals surface area (Å²) in [6.07, 6.45) is 1.09. The molecule has 0 spiro atoms. The van der Waals surface area contributed by atoms with Gasteiger partial charge in [-0.25, -0.2) is 9.59 Å². The van der Waals surface area contributed by atoms with Gasteiger partial charge in [0.15, 0.2) is 0 Å². The summed E-state index contributed by atoms with van der Waals surface area (Å²) in [4.78, 5) is 21.2.